The first kappa shape index (κ1) is 35.2. The Kier molecular flexibility index (Phi) is 7.43. The van der Waals surface area contributed by atoms with Gasteiger partial charge in [0.15, 0.2) is 0 Å². The topological polar surface area (TPSA) is 9.86 Å². The molecule has 296 valence electrons. The van der Waals surface area contributed by atoms with Crippen molar-refractivity contribution in [2.45, 2.75) is 0 Å². The maximum atomic E-state index is 2.51. The van der Waals surface area contributed by atoms with E-state index in [9.17, 15) is 0 Å². The predicted molar refractivity (Wildman–Crippen MR) is 274 cm³/mol. The summed E-state index contributed by atoms with van der Waals surface area (Å²) in [5, 5.41) is 17.8. The second-order valence-corrected chi connectivity index (χ2v) is 17.2. The highest BCUT2D eigenvalue weighted by Gasteiger charge is 2.20. The molecule has 14 aromatic rings. The van der Waals surface area contributed by atoms with Crippen LogP contribution in [0.5, 0.6) is 0 Å². The van der Waals surface area contributed by atoms with Crippen LogP contribution in [0.25, 0.3) is 131 Å². The second-order valence-electron chi connectivity index (χ2n) is 17.2. The standard InChI is InChI=1S/C62H38N2/c1-2-15-44(16-3-1)63-56-24-12-10-20-48(56)53-36-42(31-34-58(53)63)39-26-28-40(29-27-39)43-32-35-59-54(37-43)49-21-11-13-25-57(49)64(59)60-38-55-61-45-17-5-4-14-41(45)30-33-52(61)46-18-6-8-22-50(46)62(55)51-23-9-7-19-47(51)60/h1-38H. The van der Waals surface area contributed by atoms with Crippen molar-refractivity contribution >= 4 is 97.5 Å². The number of nitrogens with zero attached hydrogens (tertiary/aromatic N) is 2. The molecule has 0 unspecified atom stereocenters. The van der Waals surface area contributed by atoms with E-state index in [2.05, 4.69) is 240 Å². The summed E-state index contributed by atoms with van der Waals surface area (Å²) in [5.74, 6) is 0. The lowest BCUT2D eigenvalue weighted by atomic mass is 9.88. The summed E-state index contributed by atoms with van der Waals surface area (Å²) in [4.78, 5) is 0. The minimum Gasteiger partial charge on any atom is -0.309 e. The third-order valence-corrected chi connectivity index (χ3v) is 13.9. The molecule has 0 saturated heterocycles. The van der Waals surface area contributed by atoms with E-state index in [1.807, 2.05) is 0 Å². The lowest BCUT2D eigenvalue weighted by Gasteiger charge is -2.18. The Morgan fingerprint density at radius 1 is 0.219 bits per heavy atom. The molecule has 0 N–H and O–H groups in total. The first-order chi connectivity index (χ1) is 31.8. The minimum absolute atomic E-state index is 1.17. The smallest absolute Gasteiger partial charge is 0.0547 e. The molecule has 2 heteroatoms. The molecule has 12 aromatic carbocycles. The molecule has 0 bridgehead atoms. The number of hydrogen-bond donors (Lipinski definition) is 0. The Bertz CT molecular complexity index is 4210. The van der Waals surface area contributed by atoms with Crippen LogP contribution >= 0.6 is 0 Å². The molecule has 64 heavy (non-hydrogen) atoms. The fraction of sp³-hybridized carbons (Fsp3) is 0. The van der Waals surface area contributed by atoms with Crippen molar-refractivity contribution in [3.63, 3.8) is 0 Å². The van der Waals surface area contributed by atoms with Crippen molar-refractivity contribution in [3.8, 4) is 33.6 Å². The fourth-order valence-electron chi connectivity index (χ4n) is 11.0. The summed E-state index contributed by atoms with van der Waals surface area (Å²) in [7, 11) is 0. The van der Waals surface area contributed by atoms with Gasteiger partial charge in [-0.25, -0.2) is 0 Å². The van der Waals surface area contributed by atoms with Gasteiger partial charge < -0.3 is 9.13 Å². The summed E-state index contributed by atoms with van der Waals surface area (Å²) >= 11 is 0. The van der Waals surface area contributed by atoms with E-state index in [-0.39, 0.29) is 0 Å². The van der Waals surface area contributed by atoms with E-state index in [4.69, 9.17) is 0 Å². The molecule has 0 aliphatic heterocycles. The number of para-hydroxylation sites is 3. The zero-order chi connectivity index (χ0) is 41.9. The van der Waals surface area contributed by atoms with Gasteiger partial charge in [0.05, 0.1) is 27.8 Å². The molecule has 0 fully saturated rings. The lowest BCUT2D eigenvalue weighted by Crippen LogP contribution is -1.97. The first-order valence-corrected chi connectivity index (χ1v) is 22.2. The summed E-state index contributed by atoms with van der Waals surface area (Å²) in [6.45, 7) is 0. The summed E-state index contributed by atoms with van der Waals surface area (Å²) < 4.78 is 4.88. The largest absolute Gasteiger partial charge is 0.309 e. The SMILES string of the molecule is c1ccc(-n2c3ccccc3c3cc(-c4ccc(-c5ccc6c(c5)c5ccccc5n6-c5cc6c7c8ccccc8ccc7c7ccccc7c6c6ccccc56)cc4)ccc32)cc1. The van der Waals surface area contributed by atoms with E-state index < -0.39 is 0 Å². The van der Waals surface area contributed by atoms with Crippen LogP contribution in [0.3, 0.4) is 0 Å². The van der Waals surface area contributed by atoms with Crippen molar-refractivity contribution in [1.82, 2.24) is 9.13 Å². The zero-order valence-electron chi connectivity index (χ0n) is 34.8. The quantitative estimate of drug-likeness (QED) is 0.157. The van der Waals surface area contributed by atoms with Crippen LogP contribution in [0.4, 0.5) is 0 Å². The van der Waals surface area contributed by atoms with E-state index in [0.29, 0.717) is 0 Å². The molecule has 0 aliphatic carbocycles. The van der Waals surface area contributed by atoms with Gasteiger partial charge in [-0.1, -0.05) is 176 Å². The van der Waals surface area contributed by atoms with Gasteiger partial charge in [-0.15, -0.1) is 0 Å². The molecule has 2 heterocycles. The van der Waals surface area contributed by atoms with Gasteiger partial charge in [0.25, 0.3) is 0 Å². The van der Waals surface area contributed by atoms with Crippen LogP contribution in [0.2, 0.25) is 0 Å². The molecule has 0 radical (unpaired) electrons. The Morgan fingerprint density at radius 3 is 1.31 bits per heavy atom. The fourth-order valence-corrected chi connectivity index (χ4v) is 11.0. The van der Waals surface area contributed by atoms with Crippen LogP contribution in [-0.2, 0) is 0 Å². The number of benzene rings is 12. The van der Waals surface area contributed by atoms with Gasteiger partial charge >= 0.3 is 0 Å². The van der Waals surface area contributed by atoms with Gasteiger partial charge in [-0.3, -0.25) is 0 Å². The number of hydrogen-bond acceptors (Lipinski definition) is 0. The normalized spacial score (nSPS) is 12.1. The third kappa shape index (κ3) is 5.02. The van der Waals surface area contributed by atoms with Gasteiger partial charge in [-0.2, -0.15) is 0 Å². The molecular formula is C62H38N2. The predicted octanol–water partition coefficient (Wildman–Crippen LogP) is 17.0. The van der Waals surface area contributed by atoms with Crippen LogP contribution in [0.1, 0.15) is 0 Å². The van der Waals surface area contributed by atoms with Gasteiger partial charge in [-0.05, 0) is 125 Å². The maximum absolute atomic E-state index is 2.51. The summed E-state index contributed by atoms with van der Waals surface area (Å²) in [5.41, 5.74) is 12.0. The number of aromatic nitrogens is 2. The Hall–Kier alpha value is -8.46. The Balaban J connectivity index is 0.936. The lowest BCUT2D eigenvalue weighted by molar-refractivity contribution is 1.18. The zero-order valence-corrected chi connectivity index (χ0v) is 34.8. The van der Waals surface area contributed by atoms with Crippen molar-refractivity contribution < 1.29 is 0 Å². The molecule has 14 rings (SSSR count). The van der Waals surface area contributed by atoms with Crippen molar-refractivity contribution in [2.75, 3.05) is 0 Å². The van der Waals surface area contributed by atoms with E-state index in [1.165, 1.54) is 131 Å². The molecule has 2 nitrogen and oxygen atoms in total. The highest BCUT2D eigenvalue weighted by molar-refractivity contribution is 6.36. The molecule has 2 aromatic heterocycles. The Morgan fingerprint density at radius 2 is 0.656 bits per heavy atom. The minimum atomic E-state index is 1.17. The van der Waals surface area contributed by atoms with E-state index in [1.54, 1.807) is 0 Å². The third-order valence-electron chi connectivity index (χ3n) is 13.9. The maximum Gasteiger partial charge on any atom is 0.0547 e. The van der Waals surface area contributed by atoms with Crippen molar-refractivity contribution in [3.05, 3.63) is 231 Å². The monoisotopic (exact) mass is 810 g/mol. The molecular weight excluding hydrogens is 773 g/mol. The summed E-state index contributed by atoms with van der Waals surface area (Å²) in [6.07, 6.45) is 0. The highest BCUT2D eigenvalue weighted by atomic mass is 15.0. The van der Waals surface area contributed by atoms with Gasteiger partial charge in [0.2, 0.25) is 0 Å². The van der Waals surface area contributed by atoms with Crippen molar-refractivity contribution in [1.29, 1.82) is 0 Å². The van der Waals surface area contributed by atoms with Crippen LogP contribution in [-0.4, -0.2) is 9.13 Å². The molecule has 0 aliphatic rings. The summed E-state index contributed by atoms with van der Waals surface area (Å²) in [6, 6.07) is 85.3. The molecule has 0 spiro atoms. The number of rotatable bonds is 4. The van der Waals surface area contributed by atoms with Gasteiger partial charge in [0, 0.05) is 32.6 Å². The molecule has 0 atom stereocenters. The molecule has 0 saturated carbocycles. The number of fused-ring (bicyclic) bond motifs is 16. The highest BCUT2D eigenvalue weighted by Crippen LogP contribution is 2.45. The average molecular weight is 811 g/mol. The van der Waals surface area contributed by atoms with Crippen LogP contribution in [0, 0.1) is 0 Å². The van der Waals surface area contributed by atoms with Crippen LogP contribution < -0.4 is 0 Å². The second kappa shape index (κ2) is 13.5. The van der Waals surface area contributed by atoms with E-state index in [0.717, 1.165) is 0 Å². The van der Waals surface area contributed by atoms with Crippen molar-refractivity contribution in [2.24, 2.45) is 0 Å². The van der Waals surface area contributed by atoms with E-state index >= 15 is 0 Å². The average Bonchev–Trinajstić information content (AvgIpc) is 3.88. The molecule has 0 amide bonds. The van der Waals surface area contributed by atoms with Gasteiger partial charge in [0.1, 0.15) is 0 Å². The Labute approximate surface area is 369 Å². The first-order valence-electron chi connectivity index (χ1n) is 22.2. The van der Waals surface area contributed by atoms with Crippen LogP contribution in [0.15, 0.2) is 231 Å².